The normalized spacial score (nSPS) is 28.4. The molecule has 0 aromatic carbocycles. The lowest BCUT2D eigenvalue weighted by molar-refractivity contribution is 0.254. The highest BCUT2D eigenvalue weighted by Gasteiger charge is 2.45. The molecule has 5 rings (SSSR count). The number of nitrogens with zero attached hydrogens (tertiary/aromatic N) is 4. The maximum Gasteiger partial charge on any atom is 0.160 e. The zero-order valence-corrected chi connectivity index (χ0v) is 16.8. The van der Waals surface area contributed by atoms with Gasteiger partial charge in [-0.15, -0.1) is 0 Å². The molecule has 0 radical (unpaired) electrons. The van der Waals surface area contributed by atoms with Crippen molar-refractivity contribution in [1.29, 1.82) is 0 Å². The van der Waals surface area contributed by atoms with Crippen LogP contribution in [-0.4, -0.2) is 31.4 Å². The Morgan fingerprint density at radius 1 is 1.15 bits per heavy atom. The lowest BCUT2D eigenvalue weighted by Crippen LogP contribution is -2.35. The molecule has 0 N–H and O–H groups in total. The van der Waals surface area contributed by atoms with Crippen molar-refractivity contribution in [1.82, 2.24) is 14.5 Å². The molecule has 4 heterocycles. The van der Waals surface area contributed by atoms with Crippen LogP contribution in [0.15, 0.2) is 47.8 Å². The first-order valence-electron chi connectivity index (χ1n) is 10.4. The summed E-state index contributed by atoms with van der Waals surface area (Å²) >= 11 is 1.92. The highest BCUT2D eigenvalue weighted by atomic mass is 32.2. The Hall–Kier alpha value is -1.75. The first-order valence-corrected chi connectivity index (χ1v) is 11.4. The molecule has 2 aromatic heterocycles. The van der Waals surface area contributed by atoms with Gasteiger partial charge in [0.15, 0.2) is 5.17 Å². The van der Waals surface area contributed by atoms with E-state index in [1.165, 1.54) is 49.3 Å². The number of hydrogen-bond acceptors (Lipinski definition) is 4. The van der Waals surface area contributed by atoms with E-state index in [0.717, 1.165) is 11.4 Å². The molecule has 5 heteroatoms. The van der Waals surface area contributed by atoms with Crippen molar-refractivity contribution in [3.63, 3.8) is 0 Å². The van der Waals surface area contributed by atoms with Gasteiger partial charge in [0, 0.05) is 36.4 Å². The second-order valence-corrected chi connectivity index (χ2v) is 9.01. The van der Waals surface area contributed by atoms with Crippen molar-refractivity contribution in [2.75, 3.05) is 5.75 Å². The molecule has 3 aliphatic rings. The molecule has 2 fully saturated rings. The Labute approximate surface area is 166 Å². The van der Waals surface area contributed by atoms with Gasteiger partial charge in [0.05, 0.1) is 11.7 Å². The highest BCUT2D eigenvalue weighted by Crippen LogP contribution is 2.48. The fraction of sp³-hybridized carbons (Fsp3) is 0.545. The van der Waals surface area contributed by atoms with Crippen molar-refractivity contribution in [3.05, 3.63) is 54.1 Å². The largest absolute Gasteiger partial charge is 0.351 e. The van der Waals surface area contributed by atoms with Gasteiger partial charge in [-0.3, -0.25) is 9.98 Å². The van der Waals surface area contributed by atoms with E-state index in [-0.39, 0.29) is 12.1 Å². The summed E-state index contributed by atoms with van der Waals surface area (Å²) < 4.78 is 2.48. The van der Waals surface area contributed by atoms with Crippen LogP contribution in [0.3, 0.4) is 0 Å². The van der Waals surface area contributed by atoms with Gasteiger partial charge in [0.25, 0.3) is 0 Å². The van der Waals surface area contributed by atoms with Gasteiger partial charge in [-0.1, -0.05) is 44.0 Å². The summed E-state index contributed by atoms with van der Waals surface area (Å²) in [5.41, 5.74) is 2.49. The van der Waals surface area contributed by atoms with Crippen molar-refractivity contribution >= 4 is 16.9 Å². The van der Waals surface area contributed by atoms with Gasteiger partial charge in [-0.25, -0.2) is 0 Å². The summed E-state index contributed by atoms with van der Waals surface area (Å²) in [4.78, 5) is 12.4. The van der Waals surface area contributed by atoms with Crippen molar-refractivity contribution in [2.45, 2.75) is 69.6 Å². The molecule has 0 amide bonds. The molecule has 3 atom stereocenters. The van der Waals surface area contributed by atoms with E-state index in [0.29, 0.717) is 12.1 Å². The second-order valence-electron chi connectivity index (χ2n) is 8.02. The number of rotatable bonds is 4. The summed E-state index contributed by atoms with van der Waals surface area (Å²) in [6, 6.07) is 10.2. The minimum Gasteiger partial charge on any atom is -0.351 e. The van der Waals surface area contributed by atoms with E-state index >= 15 is 0 Å². The minimum absolute atomic E-state index is 0.102. The van der Waals surface area contributed by atoms with E-state index in [2.05, 4.69) is 52.0 Å². The standard InChI is InChI=1S/C22H28N4S/c1-2-17-15-27-22-24-20(19-10-6-7-12-23-19)21(26(17)22)16-11-13-25(14-16)18-8-4-3-5-9-18/h6-7,10-14,17-18,20-21H,2-5,8-9,15H2,1H3/t17-,20-,21-/m1/s1. The van der Waals surface area contributed by atoms with E-state index < -0.39 is 0 Å². The van der Waals surface area contributed by atoms with E-state index in [1.807, 2.05) is 24.0 Å². The van der Waals surface area contributed by atoms with Crippen LogP contribution in [0.4, 0.5) is 0 Å². The smallest absolute Gasteiger partial charge is 0.160 e. The molecule has 2 aromatic rings. The molecule has 1 saturated carbocycles. The maximum absolute atomic E-state index is 5.13. The monoisotopic (exact) mass is 380 g/mol. The third kappa shape index (κ3) is 3.10. The molecule has 0 bridgehead atoms. The Morgan fingerprint density at radius 2 is 2.04 bits per heavy atom. The van der Waals surface area contributed by atoms with Crippen molar-refractivity contribution in [2.24, 2.45) is 4.99 Å². The molecule has 4 nitrogen and oxygen atoms in total. The van der Waals surface area contributed by atoms with Gasteiger partial charge in [-0.05, 0) is 43.0 Å². The maximum atomic E-state index is 5.13. The number of thioether (sulfide) groups is 1. The van der Waals surface area contributed by atoms with Gasteiger partial charge in [0.1, 0.15) is 6.04 Å². The van der Waals surface area contributed by atoms with Crippen LogP contribution in [0.2, 0.25) is 0 Å². The average molecular weight is 381 g/mol. The summed E-state index contributed by atoms with van der Waals surface area (Å²) in [6.07, 6.45) is 14.6. The number of pyridine rings is 1. The van der Waals surface area contributed by atoms with Crippen LogP contribution < -0.4 is 0 Å². The van der Waals surface area contributed by atoms with Crippen LogP contribution in [0, 0.1) is 0 Å². The lowest BCUT2D eigenvalue weighted by atomic mass is 9.95. The number of hydrogen-bond donors (Lipinski definition) is 0. The molecule has 2 aliphatic heterocycles. The Bertz CT molecular complexity index is 809. The van der Waals surface area contributed by atoms with Gasteiger partial charge in [0.2, 0.25) is 0 Å². The van der Waals surface area contributed by atoms with Crippen LogP contribution >= 0.6 is 11.8 Å². The number of aromatic nitrogens is 2. The molecular weight excluding hydrogens is 352 g/mol. The number of fused-ring (bicyclic) bond motifs is 1. The zero-order chi connectivity index (χ0) is 18.2. The summed E-state index contributed by atoms with van der Waals surface area (Å²) in [7, 11) is 0. The third-order valence-corrected chi connectivity index (χ3v) is 7.53. The summed E-state index contributed by atoms with van der Waals surface area (Å²) in [5, 5.41) is 1.22. The quantitative estimate of drug-likeness (QED) is 0.715. The Balaban J connectivity index is 1.50. The van der Waals surface area contributed by atoms with Crippen molar-refractivity contribution in [3.8, 4) is 0 Å². The second kappa shape index (κ2) is 7.34. The first kappa shape index (κ1) is 17.4. The topological polar surface area (TPSA) is 33.4 Å². The van der Waals surface area contributed by atoms with E-state index in [4.69, 9.17) is 4.99 Å². The number of aliphatic imine (C=N–C) groups is 1. The average Bonchev–Trinajstić information content (AvgIpc) is 3.44. The number of amidine groups is 1. The molecule has 0 unspecified atom stereocenters. The fourth-order valence-electron chi connectivity index (χ4n) is 4.92. The molecule has 27 heavy (non-hydrogen) atoms. The summed E-state index contributed by atoms with van der Waals surface area (Å²) in [6.45, 7) is 2.30. The molecule has 1 aliphatic carbocycles. The van der Waals surface area contributed by atoms with Crippen molar-refractivity contribution < 1.29 is 0 Å². The molecule has 1 saturated heterocycles. The molecule has 0 spiro atoms. The molecule has 142 valence electrons. The molecular formula is C22H28N4S. The predicted molar refractivity (Wildman–Crippen MR) is 112 cm³/mol. The lowest BCUT2D eigenvalue weighted by Gasteiger charge is -2.31. The zero-order valence-electron chi connectivity index (χ0n) is 16.0. The SMILES string of the molecule is CC[C@@H]1CSC2=N[C@H](c3ccccn3)[C@@H](c3ccn(C4CCCCC4)c3)N21. The predicted octanol–water partition coefficient (Wildman–Crippen LogP) is 5.37. The van der Waals surface area contributed by atoms with E-state index in [9.17, 15) is 0 Å². The van der Waals surface area contributed by atoms with E-state index in [1.54, 1.807) is 0 Å². The Morgan fingerprint density at radius 3 is 2.81 bits per heavy atom. The minimum atomic E-state index is 0.102. The highest BCUT2D eigenvalue weighted by molar-refractivity contribution is 8.14. The van der Waals surface area contributed by atoms with Gasteiger partial charge < -0.3 is 9.47 Å². The van der Waals surface area contributed by atoms with Crippen LogP contribution in [0.5, 0.6) is 0 Å². The van der Waals surface area contributed by atoms with Crippen LogP contribution in [0.1, 0.15) is 74.8 Å². The van der Waals surface area contributed by atoms with Gasteiger partial charge in [-0.2, -0.15) is 0 Å². The third-order valence-electron chi connectivity index (χ3n) is 6.40. The Kier molecular flexibility index (Phi) is 4.72. The van der Waals surface area contributed by atoms with Gasteiger partial charge >= 0.3 is 0 Å². The van der Waals surface area contributed by atoms with Crippen LogP contribution in [0.25, 0.3) is 0 Å². The fourth-order valence-corrected chi connectivity index (χ4v) is 6.26. The first-order chi connectivity index (χ1) is 13.3. The summed E-state index contributed by atoms with van der Waals surface area (Å²) in [5.74, 6) is 1.16. The van der Waals surface area contributed by atoms with Crippen LogP contribution in [-0.2, 0) is 0 Å².